The maximum absolute atomic E-state index is 0. The van der Waals surface area contributed by atoms with Crippen molar-refractivity contribution in [2.24, 2.45) is 0 Å². The second-order valence-corrected chi connectivity index (χ2v) is 0. The smallest absolute Gasteiger partial charge is 1.00 e. The van der Waals surface area contributed by atoms with Crippen LogP contribution in [0.4, 0.5) is 0 Å². The molecule has 7 heavy (non-hydrogen) atoms. The molecule has 0 spiro atoms. The molecule has 36 valence electrons. The summed E-state index contributed by atoms with van der Waals surface area (Å²) in [6.45, 7) is 0. The zero-order valence-corrected chi connectivity index (χ0v) is 20.5. The van der Waals surface area contributed by atoms with Crippen molar-refractivity contribution in [2.45, 2.75) is 0 Å². The fraction of sp³-hybridized carbons (Fsp3) is 0. The minimum atomic E-state index is 0. The van der Waals surface area contributed by atoms with Gasteiger partial charge in [0.1, 0.15) is 0 Å². The molecule has 0 amide bonds. The first-order chi connectivity index (χ1) is 0. The van der Waals surface area contributed by atoms with E-state index in [0.717, 1.165) is 0 Å². The summed E-state index contributed by atoms with van der Waals surface area (Å²) >= 11 is 0. The van der Waals surface area contributed by atoms with Crippen LogP contribution >= 0.6 is 0 Å². The molecule has 0 aromatic rings. The topological polar surface area (TPSA) is 0 Å². The van der Waals surface area contributed by atoms with E-state index in [9.17, 15) is 0 Å². The number of hydrogen-bond acceptors (Lipinski definition) is 0. The molecule has 7 heteroatoms. The summed E-state index contributed by atoms with van der Waals surface area (Å²) in [5, 5.41) is 0. The Kier molecular flexibility index (Phi) is 281. The van der Waals surface area contributed by atoms with Crippen LogP contribution in [0, 0.1) is 0 Å². The molecule has 0 aliphatic heterocycles. The van der Waals surface area contributed by atoms with Crippen LogP contribution in [0.5, 0.6) is 0 Å². The van der Waals surface area contributed by atoms with Gasteiger partial charge in [-0.25, -0.2) is 0 Å². The van der Waals surface area contributed by atoms with Crippen LogP contribution < -0.4 is 72.8 Å². The van der Waals surface area contributed by atoms with Crippen LogP contribution in [0.15, 0.2) is 0 Å². The van der Waals surface area contributed by atoms with Crippen LogP contribution in [0.3, 0.4) is 0 Å². The Bertz CT molecular complexity index is 20.5. The molecule has 0 heterocycles. The van der Waals surface area contributed by atoms with E-state index in [2.05, 4.69) is 0 Å². The van der Waals surface area contributed by atoms with Crippen LogP contribution in [0.1, 0.15) is 2.85 Å². The molecule has 0 bridgehead atoms. The summed E-state index contributed by atoms with van der Waals surface area (Å²) < 4.78 is 0. The summed E-state index contributed by atoms with van der Waals surface area (Å²) in [5.41, 5.74) is 0. The van der Waals surface area contributed by atoms with Gasteiger partial charge in [-0.3, -0.25) is 0 Å². The standard InChI is InChI=1S/2Ba.Ca.2ClH.2HI.2H/h;;;4*1H;;/q3*+2;;;;;2*-1/p-4. The zero-order chi connectivity index (χ0) is 0. The van der Waals surface area contributed by atoms with E-state index in [1.54, 1.807) is 0 Å². The zero-order valence-electron chi connectivity index (χ0n) is 5.63. The number of hydrogen-bond donors (Lipinski definition) is 0. The van der Waals surface area contributed by atoms with Crippen molar-refractivity contribution in [3.05, 3.63) is 0 Å². The fourth-order valence-corrected chi connectivity index (χ4v) is 0. The van der Waals surface area contributed by atoms with Crippen molar-refractivity contribution in [3.63, 3.8) is 0 Å². The molecular formula is H2Ba2CaCl2I2. The second kappa shape index (κ2) is 39.2. The van der Waals surface area contributed by atoms with Gasteiger partial charge in [-0.1, -0.05) is 0 Å². The third-order valence-corrected chi connectivity index (χ3v) is 0. The molecule has 0 aliphatic rings. The van der Waals surface area contributed by atoms with Gasteiger partial charge in [0.25, 0.3) is 0 Å². The van der Waals surface area contributed by atoms with Gasteiger partial charge in [0.05, 0.1) is 0 Å². The van der Waals surface area contributed by atoms with Gasteiger partial charge in [-0.15, -0.1) is 0 Å². The first kappa shape index (κ1) is 50.1. The van der Waals surface area contributed by atoms with E-state index in [4.69, 9.17) is 0 Å². The van der Waals surface area contributed by atoms with Crippen molar-refractivity contribution < 1.29 is 75.6 Å². The molecule has 0 aliphatic carbocycles. The van der Waals surface area contributed by atoms with Crippen molar-refractivity contribution in [3.8, 4) is 0 Å². The average molecular weight is 641 g/mol. The summed E-state index contributed by atoms with van der Waals surface area (Å²) in [4.78, 5) is 0. The molecule has 0 nitrogen and oxygen atoms in total. The molecule has 0 aromatic heterocycles. The monoisotopic (exact) mass is 642 g/mol. The van der Waals surface area contributed by atoms with Crippen LogP contribution in [-0.4, -0.2) is 136 Å². The van der Waals surface area contributed by atoms with E-state index in [-0.39, 0.29) is 211 Å². The SMILES string of the molecule is [Ba+2].[Ba+2].[Ca+2].[Cl-].[Cl-].[H-].[H-].[I-].[I-]. The maximum atomic E-state index is 0. The summed E-state index contributed by atoms with van der Waals surface area (Å²) in [7, 11) is 0. The maximum Gasteiger partial charge on any atom is 2.00 e. The largest absolute Gasteiger partial charge is 2.00 e. The minimum absolute atomic E-state index is 0. The molecule has 0 N–H and O–H groups in total. The van der Waals surface area contributed by atoms with Gasteiger partial charge in [0.15, 0.2) is 0 Å². The Labute approximate surface area is 204 Å². The first-order valence-electron chi connectivity index (χ1n) is 0. The molecule has 0 fully saturated rings. The predicted octanol–water partition coefficient (Wildman–Crippen LogP) is -12.9. The first-order valence-corrected chi connectivity index (χ1v) is 0. The molecule has 0 aromatic carbocycles. The van der Waals surface area contributed by atoms with Gasteiger partial charge in [0.2, 0.25) is 0 Å². The molecule has 0 saturated carbocycles. The molecular weight excluding hydrogens is 639 g/mol. The Morgan fingerprint density at radius 3 is 0.714 bits per heavy atom. The molecule has 0 atom stereocenters. The third-order valence-electron chi connectivity index (χ3n) is 0. The van der Waals surface area contributed by atoms with E-state index < -0.39 is 0 Å². The van der Waals surface area contributed by atoms with Crippen LogP contribution in [0.25, 0.3) is 0 Å². The quantitative estimate of drug-likeness (QED) is 0.182. The van der Waals surface area contributed by atoms with Crippen LogP contribution in [0.2, 0.25) is 0 Å². The fourth-order valence-electron chi connectivity index (χ4n) is 0. The second-order valence-electron chi connectivity index (χ2n) is 0. The molecule has 0 unspecified atom stereocenters. The van der Waals surface area contributed by atoms with Crippen molar-refractivity contribution >= 4 is 136 Å². The van der Waals surface area contributed by atoms with E-state index in [1.165, 1.54) is 0 Å². The molecule has 0 radical (unpaired) electrons. The Hall–Kier alpha value is 6.44. The molecule has 0 rings (SSSR count). The third kappa shape index (κ3) is 32.7. The molecule has 0 saturated heterocycles. The number of rotatable bonds is 0. The van der Waals surface area contributed by atoms with Crippen molar-refractivity contribution in [1.29, 1.82) is 0 Å². The van der Waals surface area contributed by atoms with Gasteiger partial charge in [0, 0.05) is 0 Å². The van der Waals surface area contributed by atoms with Gasteiger partial charge < -0.3 is 75.6 Å². The van der Waals surface area contributed by atoms with E-state index in [0.29, 0.717) is 0 Å². The summed E-state index contributed by atoms with van der Waals surface area (Å²) in [6, 6.07) is 0. The Balaban J connectivity index is 0. The van der Waals surface area contributed by atoms with Gasteiger partial charge in [-0.05, 0) is 0 Å². The minimum Gasteiger partial charge on any atom is -1.00 e. The normalized spacial score (nSPS) is 0. The van der Waals surface area contributed by atoms with Gasteiger partial charge in [-0.2, -0.15) is 0 Å². The number of halogens is 4. The van der Waals surface area contributed by atoms with E-state index >= 15 is 0 Å². The Morgan fingerprint density at radius 2 is 0.714 bits per heavy atom. The predicted molar refractivity (Wildman–Crippen MR) is 19.5 cm³/mol. The van der Waals surface area contributed by atoms with E-state index in [1.807, 2.05) is 0 Å². The van der Waals surface area contributed by atoms with Crippen LogP contribution in [-0.2, 0) is 0 Å². The summed E-state index contributed by atoms with van der Waals surface area (Å²) in [5.74, 6) is 0. The average Bonchev–Trinajstić information content (AvgIpc) is 0. The van der Waals surface area contributed by atoms with Crippen molar-refractivity contribution in [1.82, 2.24) is 0 Å². The van der Waals surface area contributed by atoms with Crippen molar-refractivity contribution in [2.75, 3.05) is 0 Å². The Morgan fingerprint density at radius 1 is 0.714 bits per heavy atom. The van der Waals surface area contributed by atoms with Gasteiger partial charge >= 0.3 is 136 Å². The summed E-state index contributed by atoms with van der Waals surface area (Å²) in [6.07, 6.45) is 0.